The Labute approximate surface area is 135 Å². The van der Waals surface area contributed by atoms with Crippen molar-refractivity contribution in [3.05, 3.63) is 58.6 Å². The summed E-state index contributed by atoms with van der Waals surface area (Å²) >= 11 is 5.82. The fraction of sp³-hybridized carbons (Fsp3) is 0.235. The molecule has 0 unspecified atom stereocenters. The molecule has 4 nitrogen and oxygen atoms in total. The predicted octanol–water partition coefficient (Wildman–Crippen LogP) is 3.93. The second kappa shape index (κ2) is 7.71. The molecule has 0 saturated carbocycles. The van der Waals surface area contributed by atoms with E-state index >= 15 is 0 Å². The first-order valence-electron chi connectivity index (χ1n) is 6.92. The van der Waals surface area contributed by atoms with Crippen molar-refractivity contribution >= 4 is 23.3 Å². The molecule has 0 amide bonds. The summed E-state index contributed by atoms with van der Waals surface area (Å²) in [5.41, 5.74) is 2.28. The Hall–Kier alpha value is -2.20. The number of halogens is 1. The summed E-state index contributed by atoms with van der Waals surface area (Å²) in [5, 5.41) is 3.90. The fourth-order valence-electron chi connectivity index (χ4n) is 2.06. The highest BCUT2D eigenvalue weighted by Crippen LogP contribution is 2.21. The first kappa shape index (κ1) is 16.2. The number of hydrogen-bond acceptors (Lipinski definition) is 4. The second-order valence-corrected chi connectivity index (χ2v) is 5.15. The van der Waals surface area contributed by atoms with Gasteiger partial charge in [0.1, 0.15) is 12.4 Å². The van der Waals surface area contributed by atoms with Crippen LogP contribution in [-0.4, -0.2) is 26.2 Å². The van der Waals surface area contributed by atoms with Crippen LogP contribution in [0.15, 0.2) is 42.5 Å². The van der Waals surface area contributed by atoms with Crippen molar-refractivity contribution in [1.29, 1.82) is 0 Å². The molecule has 22 heavy (non-hydrogen) atoms. The molecule has 0 spiro atoms. The van der Waals surface area contributed by atoms with Crippen LogP contribution in [0, 0.1) is 6.92 Å². The number of para-hydroxylation sites is 1. The normalized spacial score (nSPS) is 10.1. The number of ether oxygens (including phenoxy) is 2. The molecule has 2 aromatic carbocycles. The van der Waals surface area contributed by atoms with Gasteiger partial charge < -0.3 is 14.8 Å². The molecular weight excluding hydrogens is 302 g/mol. The number of rotatable bonds is 6. The third-order valence-electron chi connectivity index (χ3n) is 3.16. The van der Waals surface area contributed by atoms with Crippen LogP contribution < -0.4 is 10.1 Å². The maximum Gasteiger partial charge on any atom is 0.339 e. The van der Waals surface area contributed by atoms with Crippen LogP contribution in [-0.2, 0) is 4.74 Å². The number of carbonyl (C=O) groups is 1. The molecule has 116 valence electrons. The minimum absolute atomic E-state index is 0.357. The minimum atomic E-state index is -0.357. The molecule has 0 heterocycles. The van der Waals surface area contributed by atoms with E-state index < -0.39 is 0 Å². The van der Waals surface area contributed by atoms with Crippen molar-refractivity contribution in [1.82, 2.24) is 0 Å². The van der Waals surface area contributed by atoms with Crippen LogP contribution in [0.1, 0.15) is 15.9 Å². The molecule has 0 aromatic heterocycles. The van der Waals surface area contributed by atoms with Gasteiger partial charge in [-0.1, -0.05) is 23.7 Å². The molecule has 5 heteroatoms. The third kappa shape index (κ3) is 4.15. The number of nitrogens with one attached hydrogen (secondary N) is 1. The molecule has 1 N–H and O–H groups in total. The molecular formula is C17H18ClNO3. The Morgan fingerprint density at radius 1 is 1.18 bits per heavy atom. The van der Waals surface area contributed by atoms with E-state index in [2.05, 4.69) is 5.32 Å². The highest BCUT2D eigenvalue weighted by molar-refractivity contribution is 6.30. The van der Waals surface area contributed by atoms with Gasteiger partial charge in [-0.05, 0) is 42.8 Å². The molecule has 0 aliphatic heterocycles. The number of carbonyl (C=O) groups excluding carboxylic acids is 1. The zero-order chi connectivity index (χ0) is 15.9. The number of anilines is 1. The number of benzene rings is 2. The van der Waals surface area contributed by atoms with Gasteiger partial charge in [0.25, 0.3) is 0 Å². The molecule has 2 rings (SSSR count). The average molecular weight is 320 g/mol. The van der Waals surface area contributed by atoms with Gasteiger partial charge >= 0.3 is 5.97 Å². The van der Waals surface area contributed by atoms with Crippen molar-refractivity contribution in [2.24, 2.45) is 0 Å². The Morgan fingerprint density at radius 2 is 1.91 bits per heavy atom. The lowest BCUT2D eigenvalue weighted by Gasteiger charge is -2.14. The maximum absolute atomic E-state index is 11.8. The Balaban J connectivity index is 1.94. The van der Waals surface area contributed by atoms with E-state index in [-0.39, 0.29) is 5.97 Å². The molecule has 0 aliphatic carbocycles. The lowest BCUT2D eigenvalue weighted by atomic mass is 10.1. The number of hydrogen-bond donors (Lipinski definition) is 1. The van der Waals surface area contributed by atoms with E-state index in [0.717, 1.165) is 17.0 Å². The van der Waals surface area contributed by atoms with E-state index in [4.69, 9.17) is 21.1 Å². The summed E-state index contributed by atoms with van der Waals surface area (Å²) in [5.74, 6) is 0.397. The molecule has 0 atom stereocenters. The van der Waals surface area contributed by atoms with Crippen molar-refractivity contribution in [3.63, 3.8) is 0 Å². The van der Waals surface area contributed by atoms with Gasteiger partial charge in [0.2, 0.25) is 0 Å². The smallest absolute Gasteiger partial charge is 0.339 e. The minimum Gasteiger partial charge on any atom is -0.492 e. The zero-order valence-corrected chi connectivity index (χ0v) is 13.3. The van der Waals surface area contributed by atoms with Gasteiger partial charge in [-0.15, -0.1) is 0 Å². The maximum atomic E-state index is 11.8. The summed E-state index contributed by atoms with van der Waals surface area (Å²) in [6.07, 6.45) is 0. The van der Waals surface area contributed by atoms with Crippen molar-refractivity contribution in [2.75, 3.05) is 25.6 Å². The second-order valence-electron chi connectivity index (χ2n) is 4.72. The van der Waals surface area contributed by atoms with Gasteiger partial charge in [-0.2, -0.15) is 0 Å². The predicted molar refractivity (Wildman–Crippen MR) is 88.0 cm³/mol. The van der Waals surface area contributed by atoms with E-state index in [1.807, 2.05) is 31.2 Å². The highest BCUT2D eigenvalue weighted by atomic mass is 35.5. The van der Waals surface area contributed by atoms with Gasteiger partial charge in [0.05, 0.1) is 18.4 Å². The molecule has 0 fully saturated rings. The topological polar surface area (TPSA) is 47.6 Å². The standard InChI is InChI=1S/C17H18ClNO3/c1-12-4-3-5-15(17(20)21-2)16(12)19-10-11-22-14-8-6-13(18)7-9-14/h3-9,19H,10-11H2,1-2H3. The van der Waals surface area contributed by atoms with Crippen molar-refractivity contribution in [3.8, 4) is 5.75 Å². The Kier molecular flexibility index (Phi) is 5.67. The lowest BCUT2D eigenvalue weighted by Crippen LogP contribution is -2.15. The van der Waals surface area contributed by atoms with Crippen LogP contribution in [0.5, 0.6) is 5.75 Å². The first-order valence-corrected chi connectivity index (χ1v) is 7.30. The summed E-state index contributed by atoms with van der Waals surface area (Å²) in [6, 6.07) is 12.7. The lowest BCUT2D eigenvalue weighted by molar-refractivity contribution is 0.0601. The quantitative estimate of drug-likeness (QED) is 0.647. The Bertz CT molecular complexity index is 641. The molecule has 0 radical (unpaired) electrons. The van der Waals surface area contributed by atoms with E-state index in [1.54, 1.807) is 18.2 Å². The van der Waals surface area contributed by atoms with Crippen LogP contribution >= 0.6 is 11.6 Å². The molecule has 0 aliphatic rings. The summed E-state index contributed by atoms with van der Waals surface area (Å²) in [4.78, 5) is 11.8. The monoisotopic (exact) mass is 319 g/mol. The summed E-state index contributed by atoms with van der Waals surface area (Å²) in [6.45, 7) is 2.98. The summed E-state index contributed by atoms with van der Waals surface area (Å²) < 4.78 is 10.4. The largest absolute Gasteiger partial charge is 0.492 e. The van der Waals surface area contributed by atoms with E-state index in [9.17, 15) is 4.79 Å². The molecule has 0 saturated heterocycles. The van der Waals surface area contributed by atoms with Gasteiger partial charge in [-0.3, -0.25) is 0 Å². The zero-order valence-electron chi connectivity index (χ0n) is 12.6. The van der Waals surface area contributed by atoms with Crippen LogP contribution in [0.4, 0.5) is 5.69 Å². The van der Waals surface area contributed by atoms with Crippen LogP contribution in [0.3, 0.4) is 0 Å². The number of methoxy groups -OCH3 is 1. The Morgan fingerprint density at radius 3 is 2.59 bits per heavy atom. The van der Waals surface area contributed by atoms with Gasteiger partial charge in [0.15, 0.2) is 0 Å². The molecule has 2 aromatic rings. The average Bonchev–Trinajstić information content (AvgIpc) is 2.53. The number of esters is 1. The van der Waals surface area contributed by atoms with E-state index in [1.165, 1.54) is 7.11 Å². The third-order valence-corrected chi connectivity index (χ3v) is 3.42. The number of aryl methyl sites for hydroxylation is 1. The van der Waals surface area contributed by atoms with Crippen LogP contribution in [0.2, 0.25) is 5.02 Å². The highest BCUT2D eigenvalue weighted by Gasteiger charge is 2.12. The molecule has 0 bridgehead atoms. The van der Waals surface area contributed by atoms with Gasteiger partial charge in [0, 0.05) is 11.6 Å². The van der Waals surface area contributed by atoms with Crippen LogP contribution in [0.25, 0.3) is 0 Å². The SMILES string of the molecule is COC(=O)c1cccc(C)c1NCCOc1ccc(Cl)cc1. The van der Waals surface area contributed by atoms with Crippen molar-refractivity contribution in [2.45, 2.75) is 6.92 Å². The fourth-order valence-corrected chi connectivity index (χ4v) is 2.18. The summed E-state index contributed by atoms with van der Waals surface area (Å²) in [7, 11) is 1.37. The van der Waals surface area contributed by atoms with E-state index in [0.29, 0.717) is 23.7 Å². The first-order chi connectivity index (χ1) is 10.6. The van der Waals surface area contributed by atoms with Gasteiger partial charge in [-0.25, -0.2) is 4.79 Å². The van der Waals surface area contributed by atoms with Crippen molar-refractivity contribution < 1.29 is 14.3 Å².